The van der Waals surface area contributed by atoms with Gasteiger partial charge in [0.25, 0.3) is 0 Å². The van der Waals surface area contributed by atoms with Gasteiger partial charge in [-0.1, -0.05) is 48.5 Å². The molecule has 2 aromatic carbocycles. The molecule has 0 aliphatic carbocycles. The number of aromatic nitrogens is 1. The second kappa shape index (κ2) is 10.4. The summed E-state index contributed by atoms with van der Waals surface area (Å²) in [5.41, 5.74) is 3.16. The van der Waals surface area contributed by atoms with E-state index in [1.165, 1.54) is 10.4 Å². The number of carbonyl (C=O) groups is 2. The van der Waals surface area contributed by atoms with Gasteiger partial charge in [0, 0.05) is 49.7 Å². The van der Waals surface area contributed by atoms with Crippen LogP contribution in [0.25, 0.3) is 0 Å². The maximum absolute atomic E-state index is 13.0. The maximum atomic E-state index is 13.0. The third kappa shape index (κ3) is 5.46. The monoisotopic (exact) mass is 475 g/mol. The molecule has 3 heterocycles. The molecule has 1 fully saturated rings. The lowest BCUT2D eigenvalue weighted by Crippen LogP contribution is -2.45. The number of hydrogen-bond acceptors (Lipinski definition) is 5. The number of fused-ring (bicyclic) bond motifs is 1. The minimum absolute atomic E-state index is 0.0514. The molecule has 2 aliphatic rings. The Bertz CT molecular complexity index is 1130. The Morgan fingerprint density at radius 2 is 1.76 bits per heavy atom. The van der Waals surface area contributed by atoms with Gasteiger partial charge in [-0.05, 0) is 30.5 Å². The summed E-state index contributed by atoms with van der Waals surface area (Å²) in [6, 6.07) is 19.7. The predicted molar refractivity (Wildman–Crippen MR) is 135 cm³/mol. The summed E-state index contributed by atoms with van der Waals surface area (Å²) < 4.78 is 0. The average molecular weight is 476 g/mol. The summed E-state index contributed by atoms with van der Waals surface area (Å²) in [5.74, 6) is -0.282. The highest BCUT2D eigenvalue weighted by Gasteiger charge is 2.30. The largest absolute Gasteiger partial charge is 0.324 e. The van der Waals surface area contributed by atoms with E-state index in [0.29, 0.717) is 18.2 Å². The molecule has 5 rings (SSSR count). The van der Waals surface area contributed by atoms with Gasteiger partial charge in [-0.15, -0.1) is 11.3 Å². The molecule has 1 unspecified atom stereocenters. The summed E-state index contributed by atoms with van der Waals surface area (Å²) in [7, 11) is 0. The van der Waals surface area contributed by atoms with Crippen molar-refractivity contribution in [2.75, 3.05) is 30.3 Å². The molecular formula is C26H29N5O2S. The van der Waals surface area contributed by atoms with Crippen molar-refractivity contribution in [3.05, 3.63) is 76.8 Å². The zero-order valence-corrected chi connectivity index (χ0v) is 19.9. The Hall–Kier alpha value is -3.23. The fraction of sp³-hybridized carbons (Fsp3) is 0.346. The second-order valence-corrected chi connectivity index (χ2v) is 9.99. The highest BCUT2D eigenvalue weighted by Crippen LogP contribution is 2.30. The first-order valence-electron chi connectivity index (χ1n) is 11.8. The fourth-order valence-electron chi connectivity index (χ4n) is 4.59. The number of piperidine rings is 1. The number of hydrogen-bond donors (Lipinski definition) is 2. The number of anilines is 2. The maximum Gasteiger partial charge on any atom is 0.321 e. The van der Waals surface area contributed by atoms with Crippen LogP contribution < -0.4 is 10.6 Å². The van der Waals surface area contributed by atoms with E-state index < -0.39 is 0 Å². The lowest BCUT2D eigenvalue weighted by Gasteiger charge is -2.31. The van der Waals surface area contributed by atoms with Crippen LogP contribution >= 0.6 is 11.3 Å². The fourth-order valence-corrected chi connectivity index (χ4v) is 5.64. The SMILES string of the molecule is O=C(Nc1nc2c(s1)CN(Cc1ccccc1)CC2)C1CCCN(C(=O)Nc2ccccc2)C1. The van der Waals surface area contributed by atoms with E-state index in [1.807, 2.05) is 36.4 Å². The number of likely N-dealkylation sites (tertiary alicyclic amines) is 1. The van der Waals surface area contributed by atoms with Crippen LogP contribution in [0.4, 0.5) is 15.6 Å². The van der Waals surface area contributed by atoms with E-state index in [9.17, 15) is 9.59 Å². The molecule has 176 valence electrons. The number of carbonyl (C=O) groups excluding carboxylic acids is 2. The van der Waals surface area contributed by atoms with Crippen LogP contribution in [0.1, 0.15) is 29.0 Å². The van der Waals surface area contributed by atoms with Gasteiger partial charge in [-0.25, -0.2) is 9.78 Å². The summed E-state index contributed by atoms with van der Waals surface area (Å²) in [6.07, 6.45) is 2.48. The number of para-hydroxylation sites is 1. The molecule has 3 amide bonds. The zero-order valence-electron chi connectivity index (χ0n) is 19.1. The Kier molecular flexibility index (Phi) is 6.87. The van der Waals surface area contributed by atoms with Crippen molar-refractivity contribution in [3.8, 4) is 0 Å². The van der Waals surface area contributed by atoms with E-state index >= 15 is 0 Å². The van der Waals surface area contributed by atoms with E-state index in [2.05, 4.69) is 39.8 Å². The first-order valence-corrected chi connectivity index (χ1v) is 12.6. The third-order valence-corrected chi connectivity index (χ3v) is 7.39. The van der Waals surface area contributed by atoms with Crippen LogP contribution in [0, 0.1) is 5.92 Å². The first-order chi connectivity index (χ1) is 16.6. The van der Waals surface area contributed by atoms with Gasteiger partial charge in [0.1, 0.15) is 0 Å². The van der Waals surface area contributed by atoms with Gasteiger partial charge >= 0.3 is 6.03 Å². The molecule has 0 radical (unpaired) electrons. The summed E-state index contributed by atoms with van der Waals surface area (Å²) in [4.78, 5) is 35.7. The molecule has 2 N–H and O–H groups in total. The average Bonchev–Trinajstić information content (AvgIpc) is 3.27. The molecule has 1 atom stereocenters. The number of amides is 3. The van der Waals surface area contributed by atoms with Crippen molar-refractivity contribution in [1.82, 2.24) is 14.8 Å². The molecule has 34 heavy (non-hydrogen) atoms. The normalized spacial score (nSPS) is 18.2. The van der Waals surface area contributed by atoms with Gasteiger partial charge in [-0.2, -0.15) is 0 Å². The van der Waals surface area contributed by atoms with Crippen LogP contribution in [-0.2, 0) is 24.3 Å². The van der Waals surface area contributed by atoms with Crippen LogP contribution in [0.3, 0.4) is 0 Å². The smallest absolute Gasteiger partial charge is 0.321 e. The minimum Gasteiger partial charge on any atom is -0.324 e. The van der Waals surface area contributed by atoms with E-state index in [1.54, 1.807) is 16.2 Å². The van der Waals surface area contributed by atoms with Gasteiger partial charge in [0.15, 0.2) is 5.13 Å². The molecule has 0 spiro atoms. The molecule has 1 aromatic heterocycles. The Morgan fingerprint density at radius 3 is 2.56 bits per heavy atom. The van der Waals surface area contributed by atoms with Crippen LogP contribution in [0.2, 0.25) is 0 Å². The van der Waals surface area contributed by atoms with E-state index in [0.717, 1.165) is 50.3 Å². The van der Waals surface area contributed by atoms with Crippen LogP contribution in [0.5, 0.6) is 0 Å². The van der Waals surface area contributed by atoms with Crippen LogP contribution in [0.15, 0.2) is 60.7 Å². The van der Waals surface area contributed by atoms with Crippen molar-refractivity contribution in [2.45, 2.75) is 32.4 Å². The molecule has 0 bridgehead atoms. The van der Waals surface area contributed by atoms with Crippen molar-refractivity contribution in [2.24, 2.45) is 5.92 Å². The van der Waals surface area contributed by atoms with Crippen molar-refractivity contribution in [1.29, 1.82) is 0 Å². The lowest BCUT2D eigenvalue weighted by atomic mass is 9.97. The van der Waals surface area contributed by atoms with Gasteiger partial charge in [0.2, 0.25) is 5.91 Å². The van der Waals surface area contributed by atoms with Crippen molar-refractivity contribution in [3.63, 3.8) is 0 Å². The molecule has 0 saturated carbocycles. The van der Waals surface area contributed by atoms with Gasteiger partial charge in [-0.3, -0.25) is 9.69 Å². The third-order valence-electron chi connectivity index (χ3n) is 6.39. The number of urea groups is 1. The molecule has 7 nitrogen and oxygen atoms in total. The van der Waals surface area contributed by atoms with E-state index in [-0.39, 0.29) is 17.9 Å². The molecule has 2 aliphatic heterocycles. The van der Waals surface area contributed by atoms with Gasteiger partial charge < -0.3 is 15.5 Å². The minimum atomic E-state index is -0.231. The molecule has 8 heteroatoms. The Morgan fingerprint density at radius 1 is 1.00 bits per heavy atom. The number of nitrogens with one attached hydrogen (secondary N) is 2. The highest BCUT2D eigenvalue weighted by molar-refractivity contribution is 7.15. The van der Waals surface area contributed by atoms with Crippen molar-refractivity contribution < 1.29 is 9.59 Å². The lowest BCUT2D eigenvalue weighted by molar-refractivity contribution is -0.121. The Labute approximate surface area is 203 Å². The molecule has 3 aromatic rings. The number of nitrogens with zero attached hydrogens (tertiary/aromatic N) is 3. The number of benzene rings is 2. The van der Waals surface area contributed by atoms with Gasteiger partial charge in [0.05, 0.1) is 11.6 Å². The van der Waals surface area contributed by atoms with E-state index in [4.69, 9.17) is 4.98 Å². The summed E-state index contributed by atoms with van der Waals surface area (Å²) in [6.45, 7) is 3.82. The summed E-state index contributed by atoms with van der Waals surface area (Å²) in [5, 5.41) is 6.62. The number of thiazole rings is 1. The predicted octanol–water partition coefficient (Wildman–Crippen LogP) is 4.58. The van der Waals surface area contributed by atoms with Crippen LogP contribution in [-0.4, -0.2) is 46.4 Å². The van der Waals surface area contributed by atoms with Crippen molar-refractivity contribution >= 4 is 34.1 Å². The highest BCUT2D eigenvalue weighted by atomic mass is 32.1. The zero-order chi connectivity index (χ0) is 23.3. The number of rotatable bonds is 5. The summed E-state index contributed by atoms with van der Waals surface area (Å²) >= 11 is 1.57. The molecule has 1 saturated heterocycles. The Balaban J connectivity index is 1.16. The first kappa shape index (κ1) is 22.6. The standard InChI is InChI=1S/C26H29N5O2S/c32-24(20-10-7-14-31(17-20)26(33)27-21-11-5-2-6-12-21)29-25-28-22-13-15-30(18-23(22)34-25)16-19-8-3-1-4-9-19/h1-6,8-9,11-12,20H,7,10,13-18H2,(H,27,33)(H,28,29,32). The quantitative estimate of drug-likeness (QED) is 0.566. The molecular weight excluding hydrogens is 446 g/mol. The second-order valence-electron chi connectivity index (χ2n) is 8.91. The topological polar surface area (TPSA) is 77.6 Å².